The first-order chi connectivity index (χ1) is 11.8. The fraction of sp³-hybridized carbons (Fsp3) is 0.565. The van der Waals surface area contributed by atoms with E-state index in [0.717, 1.165) is 36.8 Å². The standard InChI is InChI=1S/C23H34O2/c1-7-8-16(5)17(6)18-12-21(24)23(22(25)13-18)20-11-15(4)9-10-19(20)14(2)3/h11-13,16-17,19-20,24-25H,2,7-10H2,1,3-6H3/t16?,17?,19-,20+/m0/s1. The Kier molecular flexibility index (Phi) is 6.37. The van der Waals surface area contributed by atoms with E-state index in [4.69, 9.17) is 0 Å². The highest BCUT2D eigenvalue weighted by atomic mass is 16.3. The fourth-order valence-corrected chi connectivity index (χ4v) is 4.19. The van der Waals surface area contributed by atoms with Crippen LogP contribution in [0.3, 0.4) is 0 Å². The van der Waals surface area contributed by atoms with Gasteiger partial charge < -0.3 is 10.2 Å². The van der Waals surface area contributed by atoms with Crippen molar-refractivity contribution in [3.63, 3.8) is 0 Å². The van der Waals surface area contributed by atoms with Gasteiger partial charge in [-0.1, -0.05) is 57.4 Å². The summed E-state index contributed by atoms with van der Waals surface area (Å²) in [5.41, 5.74) is 4.10. The van der Waals surface area contributed by atoms with Crippen LogP contribution in [-0.2, 0) is 0 Å². The van der Waals surface area contributed by atoms with E-state index in [1.807, 2.05) is 19.1 Å². The van der Waals surface area contributed by atoms with E-state index in [0.29, 0.717) is 17.4 Å². The van der Waals surface area contributed by atoms with Crippen molar-refractivity contribution in [3.8, 4) is 11.5 Å². The molecule has 0 saturated carbocycles. The van der Waals surface area contributed by atoms with Crippen molar-refractivity contribution in [2.45, 2.75) is 72.1 Å². The lowest BCUT2D eigenvalue weighted by Gasteiger charge is -2.32. The average Bonchev–Trinajstić information content (AvgIpc) is 2.53. The van der Waals surface area contributed by atoms with Crippen molar-refractivity contribution in [1.29, 1.82) is 0 Å². The molecule has 0 spiro atoms. The molecule has 2 N–H and O–H groups in total. The van der Waals surface area contributed by atoms with Crippen molar-refractivity contribution in [2.24, 2.45) is 11.8 Å². The number of hydrogen-bond acceptors (Lipinski definition) is 2. The summed E-state index contributed by atoms with van der Waals surface area (Å²) in [5.74, 6) is 1.54. The molecule has 0 fully saturated rings. The summed E-state index contributed by atoms with van der Waals surface area (Å²) in [6, 6.07) is 3.72. The summed E-state index contributed by atoms with van der Waals surface area (Å²) < 4.78 is 0. The van der Waals surface area contributed by atoms with Gasteiger partial charge >= 0.3 is 0 Å². The molecule has 4 atom stereocenters. The van der Waals surface area contributed by atoms with Gasteiger partial charge in [-0.15, -0.1) is 0 Å². The SMILES string of the molecule is C=C(C)[C@@H]1CCC(C)=C[C@H]1c1c(O)cc(C(C)C(C)CCC)cc1O. The number of hydrogen-bond donors (Lipinski definition) is 2. The van der Waals surface area contributed by atoms with E-state index < -0.39 is 0 Å². The van der Waals surface area contributed by atoms with Crippen LogP contribution in [0.5, 0.6) is 11.5 Å². The highest BCUT2D eigenvalue weighted by molar-refractivity contribution is 5.52. The van der Waals surface area contributed by atoms with E-state index in [-0.39, 0.29) is 23.3 Å². The normalized spacial score (nSPS) is 23.0. The van der Waals surface area contributed by atoms with Crippen LogP contribution in [-0.4, -0.2) is 10.2 Å². The highest BCUT2D eigenvalue weighted by Gasteiger charge is 2.30. The van der Waals surface area contributed by atoms with Crippen molar-refractivity contribution in [1.82, 2.24) is 0 Å². The largest absolute Gasteiger partial charge is 0.507 e. The van der Waals surface area contributed by atoms with Gasteiger partial charge in [-0.25, -0.2) is 0 Å². The maximum atomic E-state index is 10.8. The molecule has 2 nitrogen and oxygen atoms in total. The zero-order chi connectivity index (χ0) is 18.7. The molecular weight excluding hydrogens is 308 g/mol. The molecule has 0 aliphatic heterocycles. The van der Waals surface area contributed by atoms with Crippen molar-refractivity contribution in [2.75, 3.05) is 0 Å². The Labute approximate surface area is 153 Å². The van der Waals surface area contributed by atoms with Crippen LogP contribution in [0.2, 0.25) is 0 Å². The van der Waals surface area contributed by atoms with Gasteiger partial charge in [-0.05, 0) is 62.1 Å². The lowest BCUT2D eigenvalue weighted by Crippen LogP contribution is -2.17. The van der Waals surface area contributed by atoms with Gasteiger partial charge in [0.05, 0.1) is 0 Å². The summed E-state index contributed by atoms with van der Waals surface area (Å²) in [5, 5.41) is 21.5. The summed E-state index contributed by atoms with van der Waals surface area (Å²) >= 11 is 0. The van der Waals surface area contributed by atoms with E-state index in [2.05, 4.69) is 40.3 Å². The van der Waals surface area contributed by atoms with E-state index in [1.165, 1.54) is 5.57 Å². The molecule has 1 aromatic carbocycles. The molecule has 0 amide bonds. The van der Waals surface area contributed by atoms with E-state index in [9.17, 15) is 10.2 Å². The predicted molar refractivity (Wildman–Crippen MR) is 106 cm³/mol. The number of rotatable bonds is 6. The zero-order valence-corrected chi connectivity index (χ0v) is 16.5. The van der Waals surface area contributed by atoms with Gasteiger partial charge in [0, 0.05) is 11.5 Å². The van der Waals surface area contributed by atoms with Gasteiger partial charge in [0.1, 0.15) is 11.5 Å². The van der Waals surface area contributed by atoms with Gasteiger partial charge in [0.2, 0.25) is 0 Å². The van der Waals surface area contributed by atoms with Crippen LogP contribution in [0.4, 0.5) is 0 Å². The van der Waals surface area contributed by atoms with Crippen LogP contribution in [0.25, 0.3) is 0 Å². The van der Waals surface area contributed by atoms with Crippen LogP contribution >= 0.6 is 0 Å². The third-order valence-corrected chi connectivity index (χ3v) is 6.00. The molecule has 0 heterocycles. The molecule has 25 heavy (non-hydrogen) atoms. The second kappa shape index (κ2) is 8.12. The predicted octanol–water partition coefficient (Wildman–Crippen LogP) is 6.65. The number of benzene rings is 1. The molecule has 0 bridgehead atoms. The summed E-state index contributed by atoms with van der Waals surface area (Å²) in [6.07, 6.45) is 6.56. The molecule has 1 aromatic rings. The molecule has 2 unspecified atom stereocenters. The number of phenolic OH excluding ortho intramolecular Hbond substituents is 2. The minimum Gasteiger partial charge on any atom is -0.507 e. The highest BCUT2D eigenvalue weighted by Crippen LogP contribution is 2.47. The molecule has 2 heteroatoms. The molecule has 0 aromatic heterocycles. The molecule has 0 radical (unpaired) electrons. The van der Waals surface area contributed by atoms with Crippen LogP contribution < -0.4 is 0 Å². The molecule has 0 saturated heterocycles. The summed E-state index contributed by atoms with van der Waals surface area (Å²) in [6.45, 7) is 14.9. The minimum atomic E-state index is 0.00340. The lowest BCUT2D eigenvalue weighted by atomic mass is 9.73. The second-order valence-corrected chi connectivity index (χ2v) is 8.06. The lowest BCUT2D eigenvalue weighted by molar-refractivity contribution is 0.400. The van der Waals surface area contributed by atoms with Crippen molar-refractivity contribution in [3.05, 3.63) is 47.1 Å². The van der Waals surface area contributed by atoms with Gasteiger partial charge in [0.25, 0.3) is 0 Å². The Hall–Kier alpha value is -1.70. The summed E-state index contributed by atoms with van der Waals surface area (Å²) in [4.78, 5) is 0. The first kappa shape index (κ1) is 19.6. The fourth-order valence-electron chi connectivity index (χ4n) is 4.19. The Morgan fingerprint density at radius 3 is 2.36 bits per heavy atom. The molecule has 1 aliphatic rings. The van der Waals surface area contributed by atoms with E-state index >= 15 is 0 Å². The topological polar surface area (TPSA) is 40.5 Å². The monoisotopic (exact) mass is 342 g/mol. The van der Waals surface area contributed by atoms with Crippen LogP contribution in [0, 0.1) is 11.8 Å². The first-order valence-electron chi connectivity index (χ1n) is 9.64. The summed E-state index contributed by atoms with van der Waals surface area (Å²) in [7, 11) is 0. The molecule has 2 rings (SSSR count). The number of allylic oxidation sites excluding steroid dienone is 3. The first-order valence-corrected chi connectivity index (χ1v) is 9.64. The number of aromatic hydroxyl groups is 2. The third-order valence-electron chi connectivity index (χ3n) is 6.00. The van der Waals surface area contributed by atoms with Crippen LogP contribution in [0.1, 0.15) is 83.3 Å². The molecular formula is C23H34O2. The molecule has 1 aliphatic carbocycles. The Morgan fingerprint density at radius 2 is 1.84 bits per heavy atom. The smallest absolute Gasteiger partial charge is 0.123 e. The maximum Gasteiger partial charge on any atom is 0.123 e. The Morgan fingerprint density at radius 1 is 1.24 bits per heavy atom. The van der Waals surface area contributed by atoms with Gasteiger partial charge in [-0.2, -0.15) is 0 Å². The average molecular weight is 343 g/mol. The van der Waals surface area contributed by atoms with Crippen LogP contribution in [0.15, 0.2) is 35.9 Å². The molecule has 138 valence electrons. The third kappa shape index (κ3) is 4.29. The van der Waals surface area contributed by atoms with Gasteiger partial charge in [-0.3, -0.25) is 0 Å². The van der Waals surface area contributed by atoms with Gasteiger partial charge in [0.15, 0.2) is 0 Å². The Bertz CT molecular complexity index is 633. The van der Waals surface area contributed by atoms with E-state index in [1.54, 1.807) is 0 Å². The maximum absolute atomic E-state index is 10.8. The zero-order valence-electron chi connectivity index (χ0n) is 16.5. The van der Waals surface area contributed by atoms with Crippen molar-refractivity contribution >= 4 is 0 Å². The second-order valence-electron chi connectivity index (χ2n) is 8.06. The number of phenols is 2. The minimum absolute atomic E-state index is 0.00340. The Balaban J connectivity index is 2.42. The van der Waals surface area contributed by atoms with Crippen molar-refractivity contribution < 1.29 is 10.2 Å². The quantitative estimate of drug-likeness (QED) is 0.568.